The summed E-state index contributed by atoms with van der Waals surface area (Å²) < 4.78 is 5.33. The largest absolute Gasteiger partial charge is 0.394 e. The summed E-state index contributed by atoms with van der Waals surface area (Å²) in [5.74, 6) is -0.248. The molecule has 3 N–H and O–H groups in total. The zero-order chi connectivity index (χ0) is 14.4. The van der Waals surface area contributed by atoms with Crippen LogP contribution < -0.4 is 10.6 Å². The summed E-state index contributed by atoms with van der Waals surface area (Å²) >= 11 is 0. The average molecular weight is 278 g/mol. The van der Waals surface area contributed by atoms with Gasteiger partial charge in [-0.05, 0) is 19.0 Å². The Balaban J connectivity index is 1.91. The number of hydrogen-bond acceptors (Lipinski definition) is 4. The van der Waals surface area contributed by atoms with E-state index in [1.807, 2.05) is 37.4 Å². The van der Waals surface area contributed by atoms with E-state index in [0.717, 1.165) is 5.56 Å². The van der Waals surface area contributed by atoms with Crippen LogP contribution in [0.25, 0.3) is 0 Å². The molecule has 1 saturated heterocycles. The Morgan fingerprint density at radius 1 is 1.40 bits per heavy atom. The van der Waals surface area contributed by atoms with Gasteiger partial charge in [-0.2, -0.15) is 0 Å². The molecular weight excluding hydrogens is 256 g/mol. The Kier molecular flexibility index (Phi) is 5.52. The Bertz CT molecular complexity index is 424. The van der Waals surface area contributed by atoms with Crippen LogP contribution in [0.1, 0.15) is 5.56 Å². The lowest BCUT2D eigenvalue weighted by molar-refractivity contribution is -0.126. The van der Waals surface area contributed by atoms with Crippen molar-refractivity contribution >= 4 is 5.91 Å². The summed E-state index contributed by atoms with van der Waals surface area (Å²) in [5, 5.41) is 15.4. The molecule has 1 aromatic carbocycles. The topological polar surface area (TPSA) is 70.6 Å². The number of carbonyl (C=O) groups excluding carboxylic acids is 1. The highest BCUT2D eigenvalue weighted by Gasteiger charge is 2.33. The molecule has 5 heteroatoms. The molecule has 20 heavy (non-hydrogen) atoms. The predicted octanol–water partition coefficient (Wildman–Crippen LogP) is -0.0594. The zero-order valence-electron chi connectivity index (χ0n) is 11.7. The van der Waals surface area contributed by atoms with Crippen molar-refractivity contribution in [3.05, 3.63) is 35.9 Å². The van der Waals surface area contributed by atoms with Crippen LogP contribution in [0.2, 0.25) is 0 Å². The monoisotopic (exact) mass is 278 g/mol. The van der Waals surface area contributed by atoms with Gasteiger partial charge in [0.25, 0.3) is 0 Å². The van der Waals surface area contributed by atoms with Crippen molar-refractivity contribution in [1.82, 2.24) is 10.6 Å². The minimum atomic E-state index is -0.261. The van der Waals surface area contributed by atoms with Gasteiger partial charge in [0.15, 0.2) is 0 Å². The van der Waals surface area contributed by atoms with Crippen LogP contribution in [-0.4, -0.2) is 50.0 Å². The number of benzene rings is 1. The molecule has 0 saturated carbocycles. The zero-order valence-corrected chi connectivity index (χ0v) is 11.7. The fourth-order valence-electron chi connectivity index (χ4n) is 2.47. The summed E-state index contributed by atoms with van der Waals surface area (Å²) in [6.45, 7) is 0.913. The fraction of sp³-hybridized carbons (Fsp3) is 0.533. The van der Waals surface area contributed by atoms with Crippen molar-refractivity contribution in [2.75, 3.05) is 26.9 Å². The van der Waals surface area contributed by atoms with Crippen molar-refractivity contribution in [3.8, 4) is 0 Å². The normalized spacial score (nSPS) is 23.5. The first-order valence-electron chi connectivity index (χ1n) is 6.94. The van der Waals surface area contributed by atoms with E-state index in [1.54, 1.807) is 0 Å². The molecule has 2 unspecified atom stereocenters. The second kappa shape index (κ2) is 7.38. The fourth-order valence-corrected chi connectivity index (χ4v) is 2.47. The lowest BCUT2D eigenvalue weighted by Crippen LogP contribution is -2.47. The number of nitrogens with one attached hydrogen (secondary N) is 2. The molecule has 5 nitrogen and oxygen atoms in total. The van der Waals surface area contributed by atoms with Crippen LogP contribution in [0, 0.1) is 5.92 Å². The van der Waals surface area contributed by atoms with Crippen molar-refractivity contribution in [1.29, 1.82) is 0 Å². The molecule has 1 aromatic rings. The first-order valence-corrected chi connectivity index (χ1v) is 6.94. The Morgan fingerprint density at radius 3 is 2.80 bits per heavy atom. The van der Waals surface area contributed by atoms with E-state index in [0.29, 0.717) is 19.6 Å². The lowest BCUT2D eigenvalue weighted by atomic mass is 10.0. The molecule has 2 rings (SSSR count). The van der Waals surface area contributed by atoms with E-state index < -0.39 is 0 Å². The minimum absolute atomic E-state index is 0.0473. The van der Waals surface area contributed by atoms with Crippen LogP contribution in [0.4, 0.5) is 0 Å². The summed E-state index contributed by atoms with van der Waals surface area (Å²) in [5.41, 5.74) is 1.10. The maximum Gasteiger partial charge on any atom is 0.227 e. The van der Waals surface area contributed by atoms with Gasteiger partial charge in [0, 0.05) is 6.04 Å². The SMILES string of the molecule is CNC1COCC1C(=O)N[C@@H](CO)Cc1ccccc1. The Labute approximate surface area is 119 Å². The molecule has 1 fully saturated rings. The van der Waals surface area contributed by atoms with Gasteiger partial charge in [-0.3, -0.25) is 4.79 Å². The maximum absolute atomic E-state index is 12.2. The lowest BCUT2D eigenvalue weighted by Gasteiger charge is -2.21. The number of hydrogen-bond donors (Lipinski definition) is 3. The second-order valence-electron chi connectivity index (χ2n) is 5.12. The highest BCUT2D eigenvalue weighted by Crippen LogP contribution is 2.14. The third kappa shape index (κ3) is 3.79. The van der Waals surface area contributed by atoms with Gasteiger partial charge in [-0.25, -0.2) is 0 Å². The number of aliphatic hydroxyl groups is 1. The first-order chi connectivity index (χ1) is 9.74. The van der Waals surface area contributed by atoms with Crippen LogP contribution in [0.15, 0.2) is 30.3 Å². The standard InChI is InChI=1S/C15H22N2O3/c1-16-14-10-20-9-13(14)15(19)17-12(8-18)7-11-5-3-2-4-6-11/h2-6,12-14,16,18H,7-10H2,1H3,(H,17,19)/t12-,13?,14?/m1/s1. The van der Waals surface area contributed by atoms with Crippen LogP contribution >= 0.6 is 0 Å². The van der Waals surface area contributed by atoms with Gasteiger partial charge in [-0.15, -0.1) is 0 Å². The van der Waals surface area contributed by atoms with Crippen molar-refractivity contribution in [2.45, 2.75) is 18.5 Å². The van der Waals surface area contributed by atoms with E-state index in [9.17, 15) is 9.90 Å². The van der Waals surface area contributed by atoms with Gasteiger partial charge in [0.1, 0.15) is 0 Å². The maximum atomic E-state index is 12.2. The van der Waals surface area contributed by atoms with Gasteiger partial charge in [0.05, 0.1) is 31.8 Å². The van der Waals surface area contributed by atoms with Crippen molar-refractivity contribution < 1.29 is 14.6 Å². The van der Waals surface area contributed by atoms with Gasteiger partial charge in [0.2, 0.25) is 5.91 Å². The van der Waals surface area contributed by atoms with Crippen molar-refractivity contribution in [3.63, 3.8) is 0 Å². The van der Waals surface area contributed by atoms with Crippen LogP contribution in [-0.2, 0) is 16.0 Å². The highest BCUT2D eigenvalue weighted by molar-refractivity contribution is 5.80. The smallest absolute Gasteiger partial charge is 0.227 e. The molecule has 0 aliphatic carbocycles. The highest BCUT2D eigenvalue weighted by atomic mass is 16.5. The summed E-state index contributed by atoms with van der Waals surface area (Å²) in [6.07, 6.45) is 0.626. The molecular formula is C15H22N2O3. The van der Waals surface area contributed by atoms with E-state index in [1.165, 1.54) is 0 Å². The number of likely N-dealkylation sites (N-methyl/N-ethyl adjacent to an activating group) is 1. The molecule has 1 aliphatic heterocycles. The summed E-state index contributed by atoms with van der Waals surface area (Å²) in [4.78, 5) is 12.2. The molecule has 0 aromatic heterocycles. The number of rotatable bonds is 6. The summed E-state index contributed by atoms with van der Waals surface area (Å²) in [6, 6.07) is 9.62. The third-order valence-corrected chi connectivity index (χ3v) is 3.68. The van der Waals surface area contributed by atoms with Gasteiger partial charge < -0.3 is 20.5 Å². The van der Waals surface area contributed by atoms with Gasteiger partial charge in [-0.1, -0.05) is 30.3 Å². The van der Waals surface area contributed by atoms with Crippen LogP contribution in [0.5, 0.6) is 0 Å². The molecule has 1 heterocycles. The average Bonchev–Trinajstić information content (AvgIpc) is 2.96. The van der Waals surface area contributed by atoms with Gasteiger partial charge >= 0.3 is 0 Å². The third-order valence-electron chi connectivity index (χ3n) is 3.68. The number of aliphatic hydroxyl groups excluding tert-OH is 1. The number of amides is 1. The molecule has 0 radical (unpaired) electrons. The second-order valence-corrected chi connectivity index (χ2v) is 5.12. The predicted molar refractivity (Wildman–Crippen MR) is 76.3 cm³/mol. The number of carbonyl (C=O) groups is 1. The first kappa shape index (κ1) is 15.0. The molecule has 1 aliphatic rings. The Morgan fingerprint density at radius 2 is 2.15 bits per heavy atom. The molecule has 0 spiro atoms. The van der Waals surface area contributed by atoms with E-state index in [4.69, 9.17) is 4.74 Å². The van der Waals surface area contributed by atoms with E-state index >= 15 is 0 Å². The summed E-state index contributed by atoms with van der Waals surface area (Å²) in [7, 11) is 1.83. The van der Waals surface area contributed by atoms with E-state index in [2.05, 4.69) is 10.6 Å². The Hall–Kier alpha value is -1.43. The molecule has 1 amide bonds. The molecule has 110 valence electrons. The van der Waals surface area contributed by atoms with Crippen molar-refractivity contribution in [2.24, 2.45) is 5.92 Å². The quantitative estimate of drug-likeness (QED) is 0.682. The van der Waals surface area contributed by atoms with Crippen LogP contribution in [0.3, 0.4) is 0 Å². The number of ether oxygens (including phenoxy) is 1. The molecule has 3 atom stereocenters. The van der Waals surface area contributed by atoms with E-state index in [-0.39, 0.29) is 30.5 Å². The minimum Gasteiger partial charge on any atom is -0.394 e. The molecule has 0 bridgehead atoms.